The minimum absolute atomic E-state index is 0.137. The zero-order valence-corrected chi connectivity index (χ0v) is 15.7. The Morgan fingerprint density at radius 3 is 2.56 bits per heavy atom. The Balaban J connectivity index is 1.39. The van der Waals surface area contributed by atoms with E-state index in [0.29, 0.717) is 29.4 Å². The van der Waals surface area contributed by atoms with Gasteiger partial charge < -0.3 is 15.1 Å². The van der Waals surface area contributed by atoms with Crippen LogP contribution in [-0.2, 0) is 0 Å². The van der Waals surface area contributed by atoms with E-state index in [0.717, 1.165) is 31.6 Å². The summed E-state index contributed by atoms with van der Waals surface area (Å²) in [6, 6.07) is 11.2. The van der Waals surface area contributed by atoms with Crippen molar-refractivity contribution >= 4 is 29.1 Å². The van der Waals surface area contributed by atoms with Gasteiger partial charge in [0.15, 0.2) is 0 Å². The summed E-state index contributed by atoms with van der Waals surface area (Å²) < 4.78 is 0. The molecule has 27 heavy (non-hydrogen) atoms. The molecule has 6 nitrogen and oxygen atoms in total. The van der Waals surface area contributed by atoms with Crippen LogP contribution >= 0.6 is 11.6 Å². The molecular weight excluding hydrogens is 364 g/mol. The lowest BCUT2D eigenvalue weighted by Crippen LogP contribution is -2.49. The molecule has 2 amide bonds. The monoisotopic (exact) mass is 384 g/mol. The summed E-state index contributed by atoms with van der Waals surface area (Å²) in [5, 5.41) is 3.64. The van der Waals surface area contributed by atoms with Crippen LogP contribution in [0.3, 0.4) is 0 Å². The molecule has 0 spiro atoms. The fourth-order valence-corrected chi connectivity index (χ4v) is 3.37. The number of carbonyl (C=O) groups is 2. The molecule has 0 bridgehead atoms. The molecule has 2 aromatic rings. The second-order valence-corrected chi connectivity index (χ2v) is 7.37. The van der Waals surface area contributed by atoms with Crippen LogP contribution in [0, 0.1) is 0 Å². The van der Waals surface area contributed by atoms with Crippen molar-refractivity contribution in [3.8, 4) is 0 Å². The number of rotatable bonds is 4. The quantitative estimate of drug-likeness (QED) is 0.879. The van der Waals surface area contributed by atoms with Crippen molar-refractivity contribution in [2.75, 3.05) is 31.1 Å². The number of halogens is 1. The van der Waals surface area contributed by atoms with Gasteiger partial charge in [0.1, 0.15) is 5.69 Å². The molecule has 4 rings (SSSR count). The molecule has 2 heterocycles. The number of carbonyl (C=O) groups excluding carboxylic acids is 2. The van der Waals surface area contributed by atoms with Crippen molar-refractivity contribution < 1.29 is 9.59 Å². The minimum atomic E-state index is -0.139. The lowest BCUT2D eigenvalue weighted by Gasteiger charge is -2.36. The second-order valence-electron chi connectivity index (χ2n) is 6.94. The van der Waals surface area contributed by atoms with Crippen molar-refractivity contribution in [2.24, 2.45) is 0 Å². The SMILES string of the molecule is O=C(NC1CC1)c1ccnc(C(=O)N2CCN(c3cccc(Cl)c3)CC2)c1. The van der Waals surface area contributed by atoms with E-state index >= 15 is 0 Å². The van der Waals surface area contributed by atoms with Crippen molar-refractivity contribution in [3.05, 3.63) is 58.9 Å². The van der Waals surface area contributed by atoms with Gasteiger partial charge in [-0.3, -0.25) is 14.6 Å². The molecule has 2 aliphatic rings. The molecular formula is C20H21ClN4O2. The largest absolute Gasteiger partial charge is 0.368 e. The van der Waals surface area contributed by atoms with Gasteiger partial charge in [0, 0.05) is 54.7 Å². The number of nitrogens with one attached hydrogen (secondary N) is 1. The third-order valence-electron chi connectivity index (χ3n) is 4.89. The minimum Gasteiger partial charge on any atom is -0.368 e. The molecule has 2 fully saturated rings. The molecule has 1 aliphatic heterocycles. The van der Waals surface area contributed by atoms with Crippen LogP contribution in [0.2, 0.25) is 5.02 Å². The van der Waals surface area contributed by atoms with E-state index in [9.17, 15) is 9.59 Å². The number of hydrogen-bond donors (Lipinski definition) is 1. The zero-order valence-electron chi connectivity index (χ0n) is 14.9. The zero-order chi connectivity index (χ0) is 18.8. The van der Waals surface area contributed by atoms with Gasteiger partial charge in [-0.05, 0) is 43.2 Å². The second kappa shape index (κ2) is 7.56. The maximum absolute atomic E-state index is 12.8. The van der Waals surface area contributed by atoms with E-state index in [1.807, 2.05) is 24.3 Å². The summed E-state index contributed by atoms with van der Waals surface area (Å²) >= 11 is 6.07. The fraction of sp³-hybridized carbons (Fsp3) is 0.350. The van der Waals surface area contributed by atoms with Crippen molar-refractivity contribution in [1.82, 2.24) is 15.2 Å². The van der Waals surface area contributed by atoms with Crippen LogP contribution in [0.15, 0.2) is 42.6 Å². The Morgan fingerprint density at radius 1 is 1.07 bits per heavy atom. The number of aromatic nitrogens is 1. The summed E-state index contributed by atoms with van der Waals surface area (Å²) in [7, 11) is 0. The van der Waals surface area contributed by atoms with Crippen LogP contribution in [-0.4, -0.2) is 53.9 Å². The van der Waals surface area contributed by atoms with Crippen LogP contribution in [0.25, 0.3) is 0 Å². The molecule has 140 valence electrons. The predicted molar refractivity (Wildman–Crippen MR) is 104 cm³/mol. The molecule has 0 radical (unpaired) electrons. The van der Waals surface area contributed by atoms with E-state index in [2.05, 4.69) is 15.2 Å². The average Bonchev–Trinajstić information content (AvgIpc) is 3.51. The highest BCUT2D eigenvalue weighted by molar-refractivity contribution is 6.30. The first-order chi connectivity index (χ1) is 13.1. The Labute approximate surface area is 163 Å². The predicted octanol–water partition coefficient (Wildman–Crippen LogP) is 2.59. The van der Waals surface area contributed by atoms with E-state index in [1.54, 1.807) is 17.0 Å². The molecule has 1 aromatic carbocycles. The van der Waals surface area contributed by atoms with Gasteiger partial charge in [0.05, 0.1) is 0 Å². The molecule has 0 atom stereocenters. The smallest absolute Gasteiger partial charge is 0.272 e. The number of benzene rings is 1. The van der Waals surface area contributed by atoms with E-state index < -0.39 is 0 Å². The van der Waals surface area contributed by atoms with Crippen molar-refractivity contribution in [1.29, 1.82) is 0 Å². The van der Waals surface area contributed by atoms with Crippen LogP contribution < -0.4 is 10.2 Å². The lowest BCUT2D eigenvalue weighted by atomic mass is 10.2. The Hall–Kier alpha value is -2.60. The molecule has 1 aromatic heterocycles. The van der Waals surface area contributed by atoms with Gasteiger partial charge in [0.2, 0.25) is 0 Å². The normalized spacial score (nSPS) is 16.9. The topological polar surface area (TPSA) is 65.5 Å². The summed E-state index contributed by atoms with van der Waals surface area (Å²) in [6.45, 7) is 2.67. The first-order valence-corrected chi connectivity index (χ1v) is 9.55. The maximum Gasteiger partial charge on any atom is 0.272 e. The number of amides is 2. The van der Waals surface area contributed by atoms with Gasteiger partial charge in [-0.1, -0.05) is 17.7 Å². The highest BCUT2D eigenvalue weighted by atomic mass is 35.5. The van der Waals surface area contributed by atoms with E-state index in [1.165, 1.54) is 6.20 Å². The van der Waals surface area contributed by atoms with Crippen LogP contribution in [0.5, 0.6) is 0 Å². The number of hydrogen-bond acceptors (Lipinski definition) is 4. The Kier molecular flexibility index (Phi) is 4.99. The van der Waals surface area contributed by atoms with E-state index in [4.69, 9.17) is 11.6 Å². The first kappa shape index (κ1) is 17.8. The van der Waals surface area contributed by atoms with Crippen LogP contribution in [0.4, 0.5) is 5.69 Å². The molecule has 1 saturated carbocycles. The van der Waals surface area contributed by atoms with E-state index in [-0.39, 0.29) is 17.9 Å². The Morgan fingerprint density at radius 2 is 1.85 bits per heavy atom. The maximum atomic E-state index is 12.8. The number of anilines is 1. The van der Waals surface area contributed by atoms with Gasteiger partial charge >= 0.3 is 0 Å². The van der Waals surface area contributed by atoms with Gasteiger partial charge in [0.25, 0.3) is 11.8 Å². The van der Waals surface area contributed by atoms with Gasteiger partial charge in [-0.25, -0.2) is 0 Å². The molecule has 7 heteroatoms. The standard InChI is InChI=1S/C20H21ClN4O2/c21-15-2-1-3-17(13-15)24-8-10-25(11-9-24)20(27)18-12-14(6-7-22-18)19(26)23-16-4-5-16/h1-3,6-7,12-13,16H,4-5,8-11H2,(H,23,26). The van der Waals surface area contributed by atoms with Gasteiger partial charge in [-0.2, -0.15) is 0 Å². The summed E-state index contributed by atoms with van der Waals surface area (Å²) in [6.07, 6.45) is 3.58. The summed E-state index contributed by atoms with van der Waals surface area (Å²) in [5.74, 6) is -0.276. The third kappa shape index (κ3) is 4.22. The van der Waals surface area contributed by atoms with Crippen molar-refractivity contribution in [2.45, 2.75) is 18.9 Å². The highest BCUT2D eigenvalue weighted by Crippen LogP contribution is 2.22. The molecule has 1 N–H and O–H groups in total. The number of nitrogens with zero attached hydrogens (tertiary/aromatic N) is 3. The lowest BCUT2D eigenvalue weighted by molar-refractivity contribution is 0.0741. The molecule has 0 unspecified atom stereocenters. The highest BCUT2D eigenvalue weighted by Gasteiger charge is 2.26. The first-order valence-electron chi connectivity index (χ1n) is 9.17. The average molecular weight is 385 g/mol. The molecule has 1 saturated heterocycles. The van der Waals surface area contributed by atoms with Crippen molar-refractivity contribution in [3.63, 3.8) is 0 Å². The third-order valence-corrected chi connectivity index (χ3v) is 5.13. The Bertz CT molecular complexity index is 861. The van der Waals surface area contributed by atoms with Gasteiger partial charge in [-0.15, -0.1) is 0 Å². The fourth-order valence-electron chi connectivity index (χ4n) is 3.19. The summed E-state index contributed by atoms with van der Waals surface area (Å²) in [5.41, 5.74) is 1.86. The van der Waals surface area contributed by atoms with Crippen LogP contribution in [0.1, 0.15) is 33.7 Å². The number of pyridine rings is 1. The summed E-state index contributed by atoms with van der Waals surface area (Å²) in [4.78, 5) is 33.2. The molecule has 1 aliphatic carbocycles. The number of piperazine rings is 1.